The molecule has 0 N–H and O–H groups in total. The second-order valence-electron chi connectivity index (χ2n) is 3.90. The molecule has 3 rings (SSSR count). The molecule has 0 fully saturated rings. The van der Waals surface area contributed by atoms with Gasteiger partial charge in [-0.15, -0.1) is 0 Å². The predicted molar refractivity (Wildman–Crippen MR) is 72.6 cm³/mol. The summed E-state index contributed by atoms with van der Waals surface area (Å²) < 4.78 is 14.8. The summed E-state index contributed by atoms with van der Waals surface area (Å²) in [4.78, 5) is 0. The highest BCUT2D eigenvalue weighted by Crippen LogP contribution is 2.30. The van der Waals surface area contributed by atoms with E-state index >= 15 is 0 Å². The first-order valence-corrected chi connectivity index (χ1v) is 6.21. The summed E-state index contributed by atoms with van der Waals surface area (Å²) in [6, 6.07) is 12.3. The third-order valence-electron chi connectivity index (χ3n) is 2.77. The van der Waals surface area contributed by atoms with Gasteiger partial charge in [0.05, 0.1) is 11.7 Å². The van der Waals surface area contributed by atoms with Crippen LogP contribution in [0.15, 0.2) is 53.1 Å². The molecule has 0 unspecified atom stereocenters. The molecule has 2 aromatic carbocycles. The molecule has 0 bridgehead atoms. The number of hydrogen-bond donors (Lipinski definition) is 0. The summed E-state index contributed by atoms with van der Waals surface area (Å²) in [5.41, 5.74) is 2.04. The predicted octanol–water partition coefficient (Wildman–Crippen LogP) is 4.20. The van der Waals surface area contributed by atoms with E-state index in [9.17, 15) is 4.39 Å². The Labute approximate surface area is 112 Å². The Morgan fingerprint density at radius 1 is 1.00 bits per heavy atom. The maximum atomic E-state index is 13.8. The van der Waals surface area contributed by atoms with Gasteiger partial charge in [0.1, 0.15) is 5.82 Å². The normalized spacial score (nSPS) is 10.8. The third-order valence-corrected chi connectivity index (χ3v) is 3.26. The first-order chi connectivity index (χ1) is 8.75. The average molecular weight is 303 g/mol. The first kappa shape index (κ1) is 11.3. The smallest absolute Gasteiger partial charge is 0.131 e. The van der Waals surface area contributed by atoms with Crippen LogP contribution in [0.3, 0.4) is 0 Å². The molecule has 0 saturated heterocycles. The monoisotopic (exact) mass is 302 g/mol. The molecule has 0 atom stereocenters. The molecule has 88 valence electrons. The van der Waals surface area contributed by atoms with Gasteiger partial charge in [0.15, 0.2) is 0 Å². The van der Waals surface area contributed by atoms with E-state index in [1.54, 1.807) is 18.3 Å². The minimum absolute atomic E-state index is 0.258. The molecule has 3 aromatic rings. The molecule has 1 heterocycles. The minimum Gasteiger partial charge on any atom is -0.206 e. The van der Waals surface area contributed by atoms with E-state index in [1.807, 2.05) is 24.3 Å². The van der Waals surface area contributed by atoms with Crippen LogP contribution in [0, 0.1) is 5.82 Å². The minimum atomic E-state index is -0.258. The van der Waals surface area contributed by atoms with Crippen LogP contribution in [0.25, 0.3) is 22.0 Å². The number of rotatable bonds is 1. The topological polar surface area (TPSA) is 25.8 Å². The highest BCUT2D eigenvalue weighted by molar-refractivity contribution is 9.10. The largest absolute Gasteiger partial charge is 0.206 e. The van der Waals surface area contributed by atoms with Crippen LogP contribution in [0.5, 0.6) is 0 Å². The number of fused-ring (bicyclic) bond motifs is 1. The van der Waals surface area contributed by atoms with Gasteiger partial charge in [-0.05, 0) is 24.3 Å². The molecule has 4 heteroatoms. The van der Waals surface area contributed by atoms with Gasteiger partial charge < -0.3 is 0 Å². The number of nitrogens with zero attached hydrogens (tertiary/aromatic N) is 2. The zero-order valence-electron chi connectivity index (χ0n) is 9.27. The Morgan fingerprint density at radius 3 is 2.67 bits per heavy atom. The van der Waals surface area contributed by atoms with Crippen molar-refractivity contribution in [2.75, 3.05) is 0 Å². The fourth-order valence-corrected chi connectivity index (χ4v) is 2.28. The number of aromatic nitrogens is 2. The van der Waals surface area contributed by atoms with Crippen LogP contribution >= 0.6 is 15.9 Å². The van der Waals surface area contributed by atoms with Gasteiger partial charge in [-0.1, -0.05) is 34.1 Å². The van der Waals surface area contributed by atoms with Crippen LogP contribution in [-0.2, 0) is 0 Å². The van der Waals surface area contributed by atoms with Gasteiger partial charge in [-0.2, -0.15) is 10.2 Å². The van der Waals surface area contributed by atoms with Crippen molar-refractivity contribution in [1.82, 2.24) is 10.2 Å². The molecule has 0 amide bonds. The van der Waals surface area contributed by atoms with Crippen LogP contribution in [0.4, 0.5) is 4.39 Å². The van der Waals surface area contributed by atoms with Crippen molar-refractivity contribution < 1.29 is 4.39 Å². The van der Waals surface area contributed by atoms with Crippen molar-refractivity contribution >= 4 is 26.8 Å². The summed E-state index contributed by atoms with van der Waals surface area (Å²) in [6.07, 6.45) is 1.59. The van der Waals surface area contributed by atoms with Crippen molar-refractivity contribution in [2.24, 2.45) is 0 Å². The highest BCUT2D eigenvalue weighted by Gasteiger charge is 2.09. The second-order valence-corrected chi connectivity index (χ2v) is 4.82. The molecule has 0 spiro atoms. The lowest BCUT2D eigenvalue weighted by atomic mass is 10.0. The second kappa shape index (κ2) is 4.46. The molecule has 2 nitrogen and oxygen atoms in total. The SMILES string of the molecule is Fc1ccccc1-c1cnnc2ccc(Br)cc12. The molecule has 0 aliphatic heterocycles. The molecule has 0 aliphatic carbocycles. The average Bonchev–Trinajstić information content (AvgIpc) is 2.39. The lowest BCUT2D eigenvalue weighted by molar-refractivity contribution is 0.631. The van der Waals surface area contributed by atoms with Gasteiger partial charge in [-0.25, -0.2) is 4.39 Å². The first-order valence-electron chi connectivity index (χ1n) is 5.41. The molecular weight excluding hydrogens is 295 g/mol. The maximum Gasteiger partial charge on any atom is 0.131 e. The number of benzene rings is 2. The summed E-state index contributed by atoms with van der Waals surface area (Å²) in [6.45, 7) is 0. The van der Waals surface area contributed by atoms with Crippen LogP contribution < -0.4 is 0 Å². The number of hydrogen-bond acceptors (Lipinski definition) is 2. The quantitative estimate of drug-likeness (QED) is 0.673. The Bertz CT molecular complexity index is 728. The van der Waals surface area contributed by atoms with E-state index in [0.717, 1.165) is 20.9 Å². The zero-order valence-corrected chi connectivity index (χ0v) is 10.9. The number of halogens is 2. The van der Waals surface area contributed by atoms with Crippen molar-refractivity contribution in [3.05, 3.63) is 59.0 Å². The van der Waals surface area contributed by atoms with Crippen LogP contribution in [0.1, 0.15) is 0 Å². The molecule has 18 heavy (non-hydrogen) atoms. The van der Waals surface area contributed by atoms with Crippen molar-refractivity contribution in [3.63, 3.8) is 0 Å². The Balaban J connectivity index is 2.36. The summed E-state index contributed by atoms with van der Waals surface area (Å²) >= 11 is 3.42. The zero-order chi connectivity index (χ0) is 12.5. The van der Waals surface area contributed by atoms with Crippen molar-refractivity contribution in [1.29, 1.82) is 0 Å². The van der Waals surface area contributed by atoms with Crippen molar-refractivity contribution in [2.45, 2.75) is 0 Å². The maximum absolute atomic E-state index is 13.8. The van der Waals surface area contributed by atoms with Gasteiger partial charge in [-0.3, -0.25) is 0 Å². The third kappa shape index (κ3) is 1.88. The summed E-state index contributed by atoms with van der Waals surface area (Å²) in [5, 5.41) is 8.85. The lowest BCUT2D eigenvalue weighted by Crippen LogP contribution is -1.90. The van der Waals surface area contributed by atoms with Crippen molar-refractivity contribution in [3.8, 4) is 11.1 Å². The van der Waals surface area contributed by atoms with E-state index in [0.29, 0.717) is 5.56 Å². The van der Waals surface area contributed by atoms with E-state index in [4.69, 9.17) is 0 Å². The van der Waals surface area contributed by atoms with Gasteiger partial charge in [0, 0.05) is 21.0 Å². The fraction of sp³-hybridized carbons (Fsp3) is 0. The lowest BCUT2D eigenvalue weighted by Gasteiger charge is -2.06. The van der Waals surface area contributed by atoms with E-state index in [1.165, 1.54) is 6.07 Å². The van der Waals surface area contributed by atoms with Gasteiger partial charge in [0.2, 0.25) is 0 Å². The van der Waals surface area contributed by atoms with Crippen LogP contribution in [0.2, 0.25) is 0 Å². The van der Waals surface area contributed by atoms with Gasteiger partial charge in [0.25, 0.3) is 0 Å². The Kier molecular flexibility index (Phi) is 2.80. The fourth-order valence-electron chi connectivity index (χ4n) is 1.92. The van der Waals surface area contributed by atoms with E-state index in [-0.39, 0.29) is 5.82 Å². The van der Waals surface area contributed by atoms with Crippen LogP contribution in [-0.4, -0.2) is 10.2 Å². The molecule has 1 aromatic heterocycles. The Hall–Kier alpha value is -1.81. The molecule has 0 radical (unpaired) electrons. The summed E-state index contributed by atoms with van der Waals surface area (Å²) in [7, 11) is 0. The Morgan fingerprint density at radius 2 is 1.83 bits per heavy atom. The molecule has 0 saturated carbocycles. The summed E-state index contributed by atoms with van der Waals surface area (Å²) in [5.74, 6) is -0.258. The van der Waals surface area contributed by atoms with E-state index in [2.05, 4.69) is 26.1 Å². The standard InChI is InChI=1S/C14H8BrFN2/c15-9-5-6-14-11(7-9)12(8-17-18-14)10-3-1-2-4-13(10)16/h1-8H. The van der Waals surface area contributed by atoms with E-state index < -0.39 is 0 Å². The van der Waals surface area contributed by atoms with Gasteiger partial charge >= 0.3 is 0 Å². The molecular formula is C14H8BrFN2. The highest BCUT2D eigenvalue weighted by atomic mass is 79.9. The molecule has 0 aliphatic rings.